The average molecular weight is 328 g/mol. The van der Waals surface area contributed by atoms with Crippen molar-refractivity contribution in [3.8, 4) is 0 Å². The molecule has 8 heteroatoms. The van der Waals surface area contributed by atoms with Gasteiger partial charge in [-0.3, -0.25) is 9.48 Å². The van der Waals surface area contributed by atoms with Crippen LogP contribution in [0.3, 0.4) is 0 Å². The van der Waals surface area contributed by atoms with Gasteiger partial charge in [-0.05, 0) is 26.0 Å². The number of nitrogens with zero attached hydrogens (tertiary/aromatic N) is 5. The van der Waals surface area contributed by atoms with Crippen LogP contribution in [0.2, 0.25) is 0 Å². The molecule has 2 aromatic heterocycles. The highest BCUT2D eigenvalue weighted by atomic mass is 19.1. The van der Waals surface area contributed by atoms with Crippen LogP contribution < -0.4 is 10.9 Å². The van der Waals surface area contributed by atoms with Crippen LogP contribution in [0.5, 0.6) is 0 Å². The topological polar surface area (TPSA) is 77.6 Å². The van der Waals surface area contributed by atoms with Gasteiger partial charge in [-0.15, -0.1) is 0 Å². The van der Waals surface area contributed by atoms with E-state index in [9.17, 15) is 9.18 Å². The minimum absolute atomic E-state index is 0.125. The molecular formula is C16H17FN6O. The lowest BCUT2D eigenvalue weighted by Gasteiger charge is -2.26. The number of hydrogen-bond acceptors (Lipinski definition) is 5. The Morgan fingerprint density at radius 1 is 1.38 bits per heavy atom. The van der Waals surface area contributed by atoms with Crippen molar-refractivity contribution in [3.05, 3.63) is 46.1 Å². The van der Waals surface area contributed by atoms with Gasteiger partial charge in [0, 0.05) is 24.7 Å². The lowest BCUT2D eigenvalue weighted by atomic mass is 9.94. The zero-order valence-electron chi connectivity index (χ0n) is 13.6. The molecule has 3 aromatic rings. The molecular weight excluding hydrogens is 311 g/mol. The molecule has 24 heavy (non-hydrogen) atoms. The molecule has 1 N–H and O–H groups in total. The van der Waals surface area contributed by atoms with Crippen LogP contribution in [0.1, 0.15) is 37.3 Å². The molecule has 1 unspecified atom stereocenters. The Kier molecular flexibility index (Phi) is 3.16. The Balaban J connectivity index is 2.10. The van der Waals surface area contributed by atoms with Crippen LogP contribution in [-0.2, 0) is 7.05 Å². The van der Waals surface area contributed by atoms with Crippen LogP contribution >= 0.6 is 0 Å². The van der Waals surface area contributed by atoms with Crippen molar-refractivity contribution >= 4 is 16.5 Å². The van der Waals surface area contributed by atoms with Gasteiger partial charge in [0.05, 0.1) is 23.0 Å². The highest BCUT2D eigenvalue weighted by Crippen LogP contribution is 2.36. The zero-order chi connectivity index (χ0) is 17.0. The molecule has 0 bridgehead atoms. The summed E-state index contributed by atoms with van der Waals surface area (Å²) in [5, 5.41) is 12.9. The van der Waals surface area contributed by atoms with Crippen molar-refractivity contribution in [3.63, 3.8) is 0 Å². The van der Waals surface area contributed by atoms with Crippen molar-refractivity contribution in [1.82, 2.24) is 24.5 Å². The Morgan fingerprint density at radius 2 is 2.17 bits per heavy atom. The number of benzene rings is 1. The Hall–Kier alpha value is -2.77. The third kappa shape index (κ3) is 2.02. The van der Waals surface area contributed by atoms with E-state index >= 15 is 0 Å². The van der Waals surface area contributed by atoms with E-state index in [1.165, 1.54) is 23.1 Å². The van der Waals surface area contributed by atoms with Gasteiger partial charge in [-0.25, -0.2) is 14.1 Å². The quantitative estimate of drug-likeness (QED) is 0.776. The first-order valence-electron chi connectivity index (χ1n) is 7.81. The van der Waals surface area contributed by atoms with Crippen molar-refractivity contribution in [2.24, 2.45) is 7.05 Å². The summed E-state index contributed by atoms with van der Waals surface area (Å²) in [5.41, 5.74) is 1.03. The van der Waals surface area contributed by atoms with E-state index in [2.05, 4.69) is 20.5 Å². The first kappa shape index (κ1) is 14.8. The molecule has 1 aromatic carbocycles. The lowest BCUT2D eigenvalue weighted by Crippen LogP contribution is -2.31. The molecule has 7 nitrogen and oxygen atoms in total. The number of hydrogen-bond donors (Lipinski definition) is 1. The minimum atomic E-state index is -0.438. The van der Waals surface area contributed by atoms with Gasteiger partial charge in [0.2, 0.25) is 0 Å². The summed E-state index contributed by atoms with van der Waals surface area (Å²) in [4.78, 5) is 17.0. The van der Waals surface area contributed by atoms with Crippen LogP contribution in [-0.4, -0.2) is 31.1 Å². The summed E-state index contributed by atoms with van der Waals surface area (Å²) >= 11 is 0. The van der Waals surface area contributed by atoms with Crippen molar-refractivity contribution < 1.29 is 4.39 Å². The monoisotopic (exact) mass is 328 g/mol. The SMILES string of the molecule is CC(C)n1nc2c3c(cc(F)cc3c1=O)NCC2c1ncnn1C. The fourth-order valence-corrected chi connectivity index (χ4v) is 3.26. The molecule has 0 aliphatic carbocycles. The summed E-state index contributed by atoms with van der Waals surface area (Å²) in [6.07, 6.45) is 1.49. The van der Waals surface area contributed by atoms with E-state index in [0.29, 0.717) is 23.0 Å². The van der Waals surface area contributed by atoms with Gasteiger partial charge in [0.1, 0.15) is 18.0 Å². The van der Waals surface area contributed by atoms with E-state index in [0.717, 1.165) is 11.5 Å². The maximum atomic E-state index is 14.0. The van der Waals surface area contributed by atoms with Crippen LogP contribution in [0.4, 0.5) is 10.1 Å². The summed E-state index contributed by atoms with van der Waals surface area (Å²) < 4.78 is 17.1. The molecule has 0 saturated carbocycles. The molecule has 1 aliphatic rings. The van der Waals surface area contributed by atoms with Crippen molar-refractivity contribution in [2.45, 2.75) is 25.8 Å². The van der Waals surface area contributed by atoms with Crippen LogP contribution in [0.25, 0.3) is 10.8 Å². The number of halogens is 1. The summed E-state index contributed by atoms with van der Waals surface area (Å²) in [6.45, 7) is 4.28. The lowest BCUT2D eigenvalue weighted by molar-refractivity contribution is 0.490. The smallest absolute Gasteiger partial charge is 0.275 e. The zero-order valence-corrected chi connectivity index (χ0v) is 13.6. The molecule has 3 heterocycles. The summed E-state index contributed by atoms with van der Waals surface area (Å²) in [6, 6.07) is 2.56. The molecule has 1 atom stereocenters. The molecule has 0 amide bonds. The number of anilines is 1. The normalized spacial score (nSPS) is 16.6. The van der Waals surface area contributed by atoms with E-state index in [1.807, 2.05) is 20.9 Å². The number of rotatable bonds is 2. The van der Waals surface area contributed by atoms with Gasteiger partial charge in [-0.1, -0.05) is 0 Å². The summed E-state index contributed by atoms with van der Waals surface area (Å²) in [5.74, 6) is 0.149. The van der Waals surface area contributed by atoms with Gasteiger partial charge < -0.3 is 5.32 Å². The van der Waals surface area contributed by atoms with Gasteiger partial charge >= 0.3 is 0 Å². The molecule has 1 aliphatic heterocycles. The fraction of sp³-hybridized carbons (Fsp3) is 0.375. The van der Waals surface area contributed by atoms with Gasteiger partial charge in [0.15, 0.2) is 0 Å². The number of aromatic nitrogens is 5. The molecule has 0 radical (unpaired) electrons. The third-order valence-electron chi connectivity index (χ3n) is 4.39. The Bertz CT molecular complexity index is 1010. The van der Waals surface area contributed by atoms with Gasteiger partial charge in [0.25, 0.3) is 5.56 Å². The molecule has 4 rings (SSSR count). The maximum absolute atomic E-state index is 14.0. The Labute approximate surface area is 137 Å². The first-order valence-corrected chi connectivity index (χ1v) is 7.81. The van der Waals surface area contributed by atoms with E-state index in [4.69, 9.17) is 0 Å². The van der Waals surface area contributed by atoms with Crippen LogP contribution in [0.15, 0.2) is 23.3 Å². The van der Waals surface area contributed by atoms with Gasteiger partial charge in [-0.2, -0.15) is 10.2 Å². The standard InChI is InChI=1S/C16H17FN6O/c1-8(2)23-16(24)10-4-9(17)5-12-13(10)14(21-23)11(6-18-12)15-19-7-20-22(15)3/h4-5,7-8,11,18H,6H2,1-3H3. The molecule has 0 spiro atoms. The largest absolute Gasteiger partial charge is 0.383 e. The van der Waals surface area contributed by atoms with Crippen LogP contribution in [0, 0.1) is 5.82 Å². The number of nitrogens with one attached hydrogen (secondary N) is 1. The fourth-order valence-electron chi connectivity index (χ4n) is 3.26. The average Bonchev–Trinajstić information content (AvgIpc) is 2.95. The Morgan fingerprint density at radius 3 is 2.83 bits per heavy atom. The number of aryl methyl sites for hydroxylation is 1. The molecule has 0 fully saturated rings. The molecule has 124 valence electrons. The molecule has 0 saturated heterocycles. The summed E-state index contributed by atoms with van der Waals surface area (Å²) in [7, 11) is 1.82. The second-order valence-electron chi connectivity index (χ2n) is 6.28. The van der Waals surface area contributed by atoms with E-state index in [-0.39, 0.29) is 17.5 Å². The highest BCUT2D eigenvalue weighted by Gasteiger charge is 2.30. The van der Waals surface area contributed by atoms with Crippen molar-refractivity contribution in [1.29, 1.82) is 0 Å². The third-order valence-corrected chi connectivity index (χ3v) is 4.39. The maximum Gasteiger partial charge on any atom is 0.275 e. The van der Waals surface area contributed by atoms with E-state index in [1.54, 1.807) is 4.68 Å². The second-order valence-corrected chi connectivity index (χ2v) is 6.28. The predicted octanol–water partition coefficient (Wildman–Crippen LogP) is 1.80. The second kappa shape index (κ2) is 5.12. The highest BCUT2D eigenvalue weighted by molar-refractivity contribution is 5.97. The van der Waals surface area contributed by atoms with Crippen molar-refractivity contribution in [2.75, 3.05) is 11.9 Å². The van der Waals surface area contributed by atoms with E-state index < -0.39 is 5.82 Å². The minimum Gasteiger partial charge on any atom is -0.383 e. The predicted molar refractivity (Wildman–Crippen MR) is 87.7 cm³/mol. The first-order chi connectivity index (χ1) is 11.5.